The fraction of sp³-hybridized carbons (Fsp3) is 0.0417. The van der Waals surface area contributed by atoms with Gasteiger partial charge < -0.3 is 9.84 Å². The molecule has 3 aromatic carbocycles. The molecule has 1 amide bonds. The minimum Gasteiger partial charge on any atom is -0.504 e. The fourth-order valence-corrected chi connectivity index (χ4v) is 3.12. The molecule has 0 aliphatic carbocycles. The van der Waals surface area contributed by atoms with Crippen LogP contribution in [0, 0.1) is 0 Å². The van der Waals surface area contributed by atoms with Gasteiger partial charge in [0.2, 0.25) is 0 Å². The number of aromatic hydroxyl groups is 1. The predicted molar refractivity (Wildman–Crippen MR) is 117 cm³/mol. The van der Waals surface area contributed by atoms with Crippen molar-refractivity contribution in [2.45, 2.75) is 0 Å². The number of methoxy groups -OCH3 is 1. The van der Waals surface area contributed by atoms with Crippen molar-refractivity contribution in [3.63, 3.8) is 0 Å². The number of carbonyl (C=O) groups is 1. The van der Waals surface area contributed by atoms with E-state index in [2.05, 4.69) is 15.5 Å². The van der Waals surface area contributed by atoms with Gasteiger partial charge in [0.15, 0.2) is 11.5 Å². The molecule has 4 aromatic rings. The van der Waals surface area contributed by atoms with Gasteiger partial charge in [-0.25, -0.2) is 10.4 Å². The van der Waals surface area contributed by atoms with Gasteiger partial charge in [-0.15, -0.1) is 0 Å². The van der Waals surface area contributed by atoms with Crippen LogP contribution in [0.25, 0.3) is 22.2 Å². The van der Waals surface area contributed by atoms with Crippen LogP contribution < -0.4 is 10.2 Å². The highest BCUT2D eigenvalue weighted by atomic mass is 16.5. The lowest BCUT2D eigenvalue weighted by molar-refractivity contribution is 0.0956. The van der Waals surface area contributed by atoms with Crippen molar-refractivity contribution in [3.8, 4) is 22.8 Å². The molecule has 2 N–H and O–H groups in total. The third kappa shape index (κ3) is 3.98. The molecule has 148 valence electrons. The van der Waals surface area contributed by atoms with E-state index < -0.39 is 0 Å². The third-order valence-corrected chi connectivity index (χ3v) is 4.61. The molecule has 1 heterocycles. The number of nitrogens with zero attached hydrogens (tertiary/aromatic N) is 2. The Hall–Kier alpha value is -4.19. The number of phenols is 1. The van der Waals surface area contributed by atoms with Crippen molar-refractivity contribution in [2.75, 3.05) is 7.11 Å². The lowest BCUT2D eigenvalue weighted by Gasteiger charge is -2.09. The Morgan fingerprint density at radius 3 is 2.60 bits per heavy atom. The van der Waals surface area contributed by atoms with Gasteiger partial charge in [-0.1, -0.05) is 48.5 Å². The van der Waals surface area contributed by atoms with Crippen molar-refractivity contribution in [2.24, 2.45) is 5.10 Å². The van der Waals surface area contributed by atoms with Gasteiger partial charge in [0.25, 0.3) is 5.91 Å². The van der Waals surface area contributed by atoms with Crippen LogP contribution in [0.5, 0.6) is 11.5 Å². The molecule has 0 spiro atoms. The number of ether oxygens (including phenoxy) is 1. The van der Waals surface area contributed by atoms with Crippen LogP contribution >= 0.6 is 0 Å². The standard InChI is InChI=1S/C24H19N3O3/c1-30-23-13-16(11-12-22(23)28)15-25-27-24(29)19-14-21(17-7-3-2-4-8-17)26-20-10-6-5-9-18(19)20/h2-15,28H,1H3,(H,27,29)/b25-15+. The summed E-state index contributed by atoms with van der Waals surface area (Å²) in [4.78, 5) is 17.6. The average Bonchev–Trinajstić information content (AvgIpc) is 2.80. The zero-order chi connectivity index (χ0) is 20.9. The fourth-order valence-electron chi connectivity index (χ4n) is 3.12. The van der Waals surface area contributed by atoms with Crippen LogP contribution in [0.4, 0.5) is 0 Å². The smallest absolute Gasteiger partial charge is 0.272 e. The molecule has 0 radical (unpaired) electrons. The van der Waals surface area contributed by atoms with Crippen LogP contribution in [0.15, 0.2) is 84.0 Å². The van der Waals surface area contributed by atoms with Gasteiger partial charge in [-0.05, 0) is 35.9 Å². The summed E-state index contributed by atoms with van der Waals surface area (Å²) in [7, 11) is 1.47. The molecule has 6 heteroatoms. The summed E-state index contributed by atoms with van der Waals surface area (Å²) in [6.45, 7) is 0. The maximum atomic E-state index is 12.9. The van der Waals surface area contributed by atoms with Crippen LogP contribution in [-0.2, 0) is 0 Å². The van der Waals surface area contributed by atoms with E-state index in [-0.39, 0.29) is 11.7 Å². The number of pyridine rings is 1. The molecule has 6 nitrogen and oxygen atoms in total. The van der Waals surface area contributed by atoms with E-state index >= 15 is 0 Å². The Morgan fingerprint density at radius 1 is 1.03 bits per heavy atom. The van der Waals surface area contributed by atoms with E-state index in [4.69, 9.17) is 4.74 Å². The van der Waals surface area contributed by atoms with Crippen molar-refractivity contribution in [3.05, 3.63) is 90.0 Å². The molecule has 0 saturated heterocycles. The maximum Gasteiger partial charge on any atom is 0.272 e. The topological polar surface area (TPSA) is 83.8 Å². The first-order valence-electron chi connectivity index (χ1n) is 9.31. The number of rotatable bonds is 5. The lowest BCUT2D eigenvalue weighted by atomic mass is 10.0. The second kappa shape index (κ2) is 8.45. The molecule has 4 rings (SSSR count). The monoisotopic (exact) mass is 397 g/mol. The maximum absolute atomic E-state index is 12.9. The summed E-state index contributed by atoms with van der Waals surface area (Å²) in [5.74, 6) is 0.0288. The number of aromatic nitrogens is 1. The molecule has 0 atom stereocenters. The number of benzene rings is 3. The quantitative estimate of drug-likeness (QED) is 0.387. The molecule has 0 bridgehead atoms. The summed E-state index contributed by atoms with van der Waals surface area (Å²) in [5.41, 5.74) is 6.11. The van der Waals surface area contributed by atoms with E-state index in [1.165, 1.54) is 19.4 Å². The number of amides is 1. The number of fused-ring (bicyclic) bond motifs is 1. The molecule has 0 saturated carbocycles. The highest BCUT2D eigenvalue weighted by molar-refractivity contribution is 6.07. The number of para-hydroxylation sites is 1. The zero-order valence-electron chi connectivity index (χ0n) is 16.2. The number of nitrogens with one attached hydrogen (secondary N) is 1. The minimum atomic E-state index is -0.340. The van der Waals surface area contributed by atoms with Crippen LogP contribution in [0.3, 0.4) is 0 Å². The highest BCUT2D eigenvalue weighted by Crippen LogP contribution is 2.26. The molecule has 0 aliphatic heterocycles. The number of carbonyl (C=O) groups excluding carboxylic acids is 1. The zero-order valence-corrected chi connectivity index (χ0v) is 16.2. The second-order valence-corrected chi connectivity index (χ2v) is 6.57. The minimum absolute atomic E-state index is 0.0374. The number of hydrogen-bond acceptors (Lipinski definition) is 5. The Kier molecular flexibility index (Phi) is 5.39. The summed E-state index contributed by atoms with van der Waals surface area (Å²) in [6.07, 6.45) is 1.49. The first-order valence-corrected chi connectivity index (χ1v) is 9.31. The molecule has 30 heavy (non-hydrogen) atoms. The number of hydrazone groups is 1. The van der Waals surface area contributed by atoms with E-state index in [1.54, 1.807) is 18.2 Å². The molecule has 1 aromatic heterocycles. The third-order valence-electron chi connectivity index (χ3n) is 4.61. The van der Waals surface area contributed by atoms with Crippen LogP contribution in [0.2, 0.25) is 0 Å². The summed E-state index contributed by atoms with van der Waals surface area (Å²) >= 11 is 0. The van der Waals surface area contributed by atoms with E-state index in [1.807, 2.05) is 54.6 Å². The first kappa shape index (κ1) is 19.1. The van der Waals surface area contributed by atoms with Gasteiger partial charge in [0.05, 0.1) is 30.1 Å². The van der Waals surface area contributed by atoms with E-state index in [0.717, 1.165) is 16.5 Å². The summed E-state index contributed by atoms with van der Waals surface area (Å²) in [5, 5.41) is 14.5. The normalized spacial score (nSPS) is 11.0. The molecule has 0 unspecified atom stereocenters. The van der Waals surface area contributed by atoms with Crippen LogP contribution in [-0.4, -0.2) is 29.3 Å². The van der Waals surface area contributed by atoms with Gasteiger partial charge in [0, 0.05) is 10.9 Å². The van der Waals surface area contributed by atoms with Gasteiger partial charge in [-0.3, -0.25) is 4.79 Å². The Morgan fingerprint density at radius 2 is 1.80 bits per heavy atom. The van der Waals surface area contributed by atoms with Crippen molar-refractivity contribution in [1.29, 1.82) is 0 Å². The predicted octanol–water partition coefficient (Wildman–Crippen LogP) is 4.38. The van der Waals surface area contributed by atoms with Gasteiger partial charge in [0.1, 0.15) is 0 Å². The van der Waals surface area contributed by atoms with E-state index in [9.17, 15) is 9.90 Å². The molecular formula is C24H19N3O3. The second-order valence-electron chi connectivity index (χ2n) is 6.57. The summed E-state index contributed by atoms with van der Waals surface area (Å²) < 4.78 is 5.08. The largest absolute Gasteiger partial charge is 0.504 e. The molecular weight excluding hydrogens is 378 g/mol. The Labute approximate surface area is 173 Å². The number of phenolic OH excluding ortho intramolecular Hbond substituents is 1. The first-order chi connectivity index (χ1) is 14.7. The summed E-state index contributed by atoms with van der Waals surface area (Å²) in [6, 6.07) is 23.8. The Bertz CT molecular complexity index is 1240. The van der Waals surface area contributed by atoms with E-state index in [0.29, 0.717) is 22.6 Å². The highest BCUT2D eigenvalue weighted by Gasteiger charge is 2.13. The van der Waals surface area contributed by atoms with Crippen molar-refractivity contribution < 1.29 is 14.6 Å². The van der Waals surface area contributed by atoms with Crippen molar-refractivity contribution >= 4 is 23.0 Å². The lowest BCUT2D eigenvalue weighted by Crippen LogP contribution is -2.18. The van der Waals surface area contributed by atoms with Gasteiger partial charge in [-0.2, -0.15) is 5.10 Å². The average molecular weight is 397 g/mol. The Balaban J connectivity index is 1.64. The van der Waals surface area contributed by atoms with Gasteiger partial charge >= 0.3 is 0 Å². The number of hydrogen-bond donors (Lipinski definition) is 2. The van der Waals surface area contributed by atoms with Crippen molar-refractivity contribution in [1.82, 2.24) is 10.4 Å². The molecule has 0 aliphatic rings. The SMILES string of the molecule is COc1cc(/C=N/NC(=O)c2cc(-c3ccccc3)nc3ccccc23)ccc1O. The van der Waals surface area contributed by atoms with Crippen LogP contribution in [0.1, 0.15) is 15.9 Å². The molecule has 0 fully saturated rings.